The normalized spacial score (nSPS) is 21.2. The Morgan fingerprint density at radius 2 is 1.12 bits per heavy atom. The van der Waals surface area contributed by atoms with Crippen molar-refractivity contribution in [1.29, 1.82) is 0 Å². The van der Waals surface area contributed by atoms with E-state index in [1.807, 2.05) is 13.8 Å². The van der Waals surface area contributed by atoms with Crippen LogP contribution in [0.5, 0.6) is 0 Å². The summed E-state index contributed by atoms with van der Waals surface area (Å²) in [5.74, 6) is 0. The molecule has 2 unspecified atom stereocenters. The van der Waals surface area contributed by atoms with Crippen LogP contribution in [0.1, 0.15) is 43.2 Å². The third-order valence-electron chi connectivity index (χ3n) is 6.55. The minimum absolute atomic E-state index is 0.0483. The van der Waals surface area contributed by atoms with Crippen LogP contribution in [0.3, 0.4) is 0 Å². The van der Waals surface area contributed by atoms with Gasteiger partial charge in [-0.3, -0.25) is 0 Å². The smallest absolute Gasteiger partial charge is 0.181 e. The maximum Gasteiger partial charge on any atom is 0.181 e. The van der Waals surface area contributed by atoms with Crippen LogP contribution < -0.4 is 0 Å². The van der Waals surface area contributed by atoms with E-state index >= 15 is 0 Å². The van der Waals surface area contributed by atoms with E-state index in [-0.39, 0.29) is 16.4 Å². The van der Waals surface area contributed by atoms with Gasteiger partial charge in [0.25, 0.3) is 0 Å². The molecule has 1 N–H and O–H groups in total. The van der Waals surface area contributed by atoms with E-state index in [9.17, 15) is 21.9 Å². The molecule has 2 aromatic rings. The highest BCUT2D eigenvalue weighted by molar-refractivity contribution is 7.92. The van der Waals surface area contributed by atoms with Crippen molar-refractivity contribution in [3.05, 3.63) is 59.7 Å². The maximum absolute atomic E-state index is 13.5. The Labute approximate surface area is 198 Å². The predicted octanol–water partition coefficient (Wildman–Crippen LogP) is 3.55. The summed E-state index contributed by atoms with van der Waals surface area (Å²) in [4.78, 5) is 2.67. The number of hydrogen-bond donors (Lipinski definition) is 1. The van der Waals surface area contributed by atoms with Crippen LogP contribution in [-0.4, -0.2) is 63.6 Å². The Morgan fingerprint density at radius 3 is 1.48 bits per heavy atom. The van der Waals surface area contributed by atoms with E-state index in [4.69, 9.17) is 0 Å². The van der Waals surface area contributed by atoms with E-state index in [0.717, 1.165) is 11.1 Å². The molecule has 1 fully saturated rings. The van der Waals surface area contributed by atoms with Crippen molar-refractivity contribution in [1.82, 2.24) is 4.90 Å². The Bertz CT molecular complexity index is 1020. The van der Waals surface area contributed by atoms with Gasteiger partial charge < -0.3 is 10.0 Å². The molecule has 1 aliphatic heterocycles. The number of aliphatic hydroxyl groups excluding tert-OH is 1. The van der Waals surface area contributed by atoms with Crippen LogP contribution >= 0.6 is 0 Å². The zero-order chi connectivity index (χ0) is 24.1. The topological polar surface area (TPSA) is 91.8 Å². The molecule has 6 nitrogen and oxygen atoms in total. The van der Waals surface area contributed by atoms with E-state index in [1.54, 1.807) is 48.5 Å². The third-order valence-corrected chi connectivity index (χ3v) is 11.1. The molecule has 0 aliphatic carbocycles. The number of benzene rings is 2. The van der Waals surface area contributed by atoms with E-state index in [2.05, 4.69) is 4.90 Å². The fraction of sp³-hybridized carbons (Fsp3) is 0.520. The van der Waals surface area contributed by atoms with Gasteiger partial charge in [0.05, 0.1) is 20.3 Å². The molecule has 3 rings (SSSR count). The second kappa shape index (κ2) is 11.1. The molecule has 0 saturated carbocycles. The quantitative estimate of drug-likeness (QED) is 0.634. The van der Waals surface area contributed by atoms with Crippen molar-refractivity contribution in [3.63, 3.8) is 0 Å². The largest absolute Gasteiger partial charge is 0.396 e. The minimum Gasteiger partial charge on any atom is -0.396 e. The number of sulfone groups is 2. The number of hydrogen-bond acceptors (Lipinski definition) is 6. The highest BCUT2D eigenvalue weighted by Gasteiger charge is 2.34. The van der Waals surface area contributed by atoms with Crippen LogP contribution in [0.15, 0.2) is 58.3 Å². The summed E-state index contributed by atoms with van der Waals surface area (Å²) in [6, 6.07) is 13.7. The summed E-state index contributed by atoms with van der Waals surface area (Å²) in [6.07, 6.45) is 2.07. The Kier molecular flexibility index (Phi) is 8.72. The highest BCUT2D eigenvalue weighted by atomic mass is 32.2. The van der Waals surface area contributed by atoms with E-state index in [0.29, 0.717) is 51.7 Å². The van der Waals surface area contributed by atoms with Crippen LogP contribution in [0, 0.1) is 13.8 Å². The van der Waals surface area contributed by atoms with Crippen LogP contribution in [-0.2, 0) is 19.7 Å². The molecule has 1 saturated heterocycles. The van der Waals surface area contributed by atoms with Gasteiger partial charge in [0, 0.05) is 13.2 Å². The van der Waals surface area contributed by atoms with Crippen molar-refractivity contribution >= 4 is 19.7 Å². The maximum atomic E-state index is 13.5. The second-order valence-electron chi connectivity index (χ2n) is 9.03. The summed E-state index contributed by atoms with van der Waals surface area (Å²) < 4.78 is 53.8. The minimum atomic E-state index is -3.59. The van der Waals surface area contributed by atoms with Gasteiger partial charge in [0.1, 0.15) is 0 Å². The van der Waals surface area contributed by atoms with E-state index < -0.39 is 30.2 Å². The lowest BCUT2D eigenvalue weighted by Crippen LogP contribution is -2.32. The fourth-order valence-corrected chi connectivity index (χ4v) is 7.93. The summed E-state index contributed by atoms with van der Waals surface area (Å²) in [6.45, 7) is 5.61. The Morgan fingerprint density at radius 1 is 0.727 bits per heavy atom. The van der Waals surface area contributed by atoms with Crippen molar-refractivity contribution in [3.8, 4) is 0 Å². The molecule has 0 spiro atoms. The highest BCUT2D eigenvalue weighted by Crippen LogP contribution is 2.29. The SMILES string of the molecule is Cc1ccc(S(=O)(=O)C2CCC(S(=O)(=O)c3ccc(C)cc3)CCN(CCCO)CC2)cc1. The fourth-order valence-electron chi connectivity index (χ4n) is 4.40. The molecule has 8 heteroatoms. The van der Waals surface area contributed by atoms with Crippen LogP contribution in [0.2, 0.25) is 0 Å². The van der Waals surface area contributed by atoms with Crippen LogP contribution in [0.4, 0.5) is 0 Å². The monoisotopic (exact) mass is 493 g/mol. The zero-order valence-corrected chi connectivity index (χ0v) is 21.1. The summed E-state index contributed by atoms with van der Waals surface area (Å²) >= 11 is 0. The number of nitrogens with zero attached hydrogens (tertiary/aromatic N) is 1. The Balaban J connectivity index is 1.90. The lowest BCUT2D eigenvalue weighted by Gasteiger charge is -2.24. The first-order valence-electron chi connectivity index (χ1n) is 11.6. The second-order valence-corrected chi connectivity index (χ2v) is 13.5. The summed E-state index contributed by atoms with van der Waals surface area (Å²) in [5.41, 5.74) is 1.98. The molecule has 2 aromatic carbocycles. The first-order chi connectivity index (χ1) is 15.6. The van der Waals surface area contributed by atoms with Crippen molar-refractivity contribution in [2.75, 3.05) is 26.2 Å². The number of aryl methyl sites for hydroxylation is 2. The van der Waals surface area contributed by atoms with Gasteiger partial charge in [0.15, 0.2) is 19.7 Å². The molecule has 182 valence electrons. The third kappa shape index (κ3) is 6.44. The van der Waals surface area contributed by atoms with Gasteiger partial charge in [-0.15, -0.1) is 0 Å². The first kappa shape index (κ1) is 25.9. The van der Waals surface area contributed by atoms with Gasteiger partial charge in [-0.25, -0.2) is 16.8 Å². The van der Waals surface area contributed by atoms with Crippen molar-refractivity contribution in [2.24, 2.45) is 0 Å². The molecule has 0 radical (unpaired) electrons. The molecule has 0 aromatic heterocycles. The van der Waals surface area contributed by atoms with Gasteiger partial charge in [-0.05, 0) is 83.3 Å². The summed E-state index contributed by atoms with van der Waals surface area (Å²) in [5, 5.41) is 7.97. The molecule has 0 bridgehead atoms. The van der Waals surface area contributed by atoms with Crippen LogP contribution in [0.25, 0.3) is 0 Å². The zero-order valence-electron chi connectivity index (χ0n) is 19.5. The molecule has 33 heavy (non-hydrogen) atoms. The average molecular weight is 494 g/mol. The van der Waals surface area contributed by atoms with Gasteiger partial charge in [-0.2, -0.15) is 0 Å². The molecule has 2 atom stereocenters. The van der Waals surface area contributed by atoms with E-state index in [1.165, 1.54) is 0 Å². The average Bonchev–Trinajstić information content (AvgIpc) is 2.89. The predicted molar refractivity (Wildman–Crippen MR) is 131 cm³/mol. The summed E-state index contributed by atoms with van der Waals surface area (Å²) in [7, 11) is -7.18. The molecular weight excluding hydrogens is 458 g/mol. The van der Waals surface area contributed by atoms with Crippen molar-refractivity contribution < 1.29 is 21.9 Å². The van der Waals surface area contributed by atoms with Gasteiger partial charge >= 0.3 is 0 Å². The number of aliphatic hydroxyl groups is 1. The molecule has 1 aliphatic rings. The number of rotatable bonds is 7. The molecule has 0 amide bonds. The first-order valence-corrected chi connectivity index (χ1v) is 14.7. The van der Waals surface area contributed by atoms with Gasteiger partial charge in [-0.1, -0.05) is 35.4 Å². The standard InChI is InChI=1S/C25H35NO5S2/c1-20-4-8-22(9-5-20)32(28,29)24-12-13-25(15-18-26(17-14-24)16-3-19-27)33(30,31)23-10-6-21(2)7-11-23/h4-11,24-25,27H,3,12-19H2,1-2H3. The lowest BCUT2D eigenvalue weighted by atomic mass is 10.1. The lowest BCUT2D eigenvalue weighted by molar-refractivity contribution is 0.221. The molecule has 1 heterocycles. The van der Waals surface area contributed by atoms with Gasteiger partial charge in [0.2, 0.25) is 0 Å². The van der Waals surface area contributed by atoms with Crippen molar-refractivity contribution in [2.45, 2.75) is 66.2 Å². The molecular formula is C25H35NO5S2. The Hall–Kier alpha value is -1.74.